The van der Waals surface area contributed by atoms with Crippen molar-refractivity contribution < 1.29 is 9.57 Å². The highest BCUT2D eigenvalue weighted by atomic mass is 35.5. The van der Waals surface area contributed by atoms with Crippen LogP contribution in [0.25, 0.3) is 0 Å². The van der Waals surface area contributed by atoms with Crippen LogP contribution in [0.3, 0.4) is 0 Å². The molecular weight excluding hydrogens is 430 g/mol. The van der Waals surface area contributed by atoms with Crippen LogP contribution >= 0.6 is 12.4 Å². The van der Waals surface area contributed by atoms with Gasteiger partial charge in [0.05, 0.1) is 18.8 Å². The van der Waals surface area contributed by atoms with Crippen LogP contribution in [0, 0.1) is 0 Å². The van der Waals surface area contributed by atoms with Gasteiger partial charge in [-0.2, -0.15) is 0 Å². The Bertz CT molecular complexity index is 314. The average molecular weight is 492 g/mol. The molecule has 0 unspecified atom stereocenters. The lowest BCUT2D eigenvalue weighted by molar-refractivity contribution is -0.0969. The Morgan fingerprint density at radius 2 is 0.848 bits per heavy atom. The molecule has 0 aliphatic rings. The van der Waals surface area contributed by atoms with E-state index < -0.39 is 0 Å². The van der Waals surface area contributed by atoms with E-state index in [1.165, 1.54) is 135 Å². The van der Waals surface area contributed by atoms with Crippen LogP contribution in [0.15, 0.2) is 0 Å². The maximum Gasteiger partial charge on any atom is 0.0916 e. The second kappa shape index (κ2) is 28.4. The number of nitrogens with one attached hydrogen (secondary N) is 1. The van der Waals surface area contributed by atoms with Crippen molar-refractivity contribution in [2.24, 2.45) is 0 Å². The Morgan fingerprint density at radius 1 is 0.485 bits per heavy atom. The van der Waals surface area contributed by atoms with Crippen molar-refractivity contribution >= 4 is 12.4 Å². The molecule has 0 saturated heterocycles. The summed E-state index contributed by atoms with van der Waals surface area (Å²) in [5.41, 5.74) is 3.05. The summed E-state index contributed by atoms with van der Waals surface area (Å²) in [4.78, 5) is 5.51. The molecule has 33 heavy (non-hydrogen) atoms. The Labute approximate surface area is 215 Å². The van der Waals surface area contributed by atoms with Crippen LogP contribution in [-0.2, 0) is 9.57 Å². The van der Waals surface area contributed by atoms with E-state index >= 15 is 0 Å². The average Bonchev–Trinajstić information content (AvgIpc) is 2.80. The van der Waals surface area contributed by atoms with Gasteiger partial charge < -0.3 is 4.74 Å². The van der Waals surface area contributed by atoms with Gasteiger partial charge in [0.15, 0.2) is 0 Å². The second-order valence-electron chi connectivity index (χ2n) is 9.93. The number of hydrogen-bond donors (Lipinski definition) is 1. The molecule has 0 aliphatic carbocycles. The fourth-order valence-corrected chi connectivity index (χ4v) is 4.75. The first-order valence-corrected chi connectivity index (χ1v) is 14.7. The van der Waals surface area contributed by atoms with Gasteiger partial charge in [-0.15, -0.1) is 12.4 Å². The van der Waals surface area contributed by atoms with Crippen LogP contribution in [0.1, 0.15) is 163 Å². The zero-order valence-electron chi connectivity index (χ0n) is 23.2. The molecule has 1 N–H and O–H groups in total. The standard InChI is InChI=1S/C29H61NO2.ClH/c1-5-9-12-15-18-21-24-29(31-27-28-32-30-8-4,25-22-19-16-13-10-6-2)26-23-20-17-14-11-7-3;/h30H,5-28H2,1-4H3;1H. The summed E-state index contributed by atoms with van der Waals surface area (Å²) in [6.07, 6.45) is 28.3. The zero-order valence-corrected chi connectivity index (χ0v) is 24.0. The summed E-state index contributed by atoms with van der Waals surface area (Å²) < 4.78 is 6.69. The molecule has 4 heteroatoms. The molecule has 0 aromatic carbocycles. The van der Waals surface area contributed by atoms with E-state index in [1.54, 1.807) is 0 Å². The lowest BCUT2D eigenvalue weighted by Gasteiger charge is -2.35. The lowest BCUT2D eigenvalue weighted by Crippen LogP contribution is -2.35. The van der Waals surface area contributed by atoms with Gasteiger partial charge in [0.2, 0.25) is 0 Å². The number of halogens is 1. The Morgan fingerprint density at radius 3 is 1.21 bits per heavy atom. The normalized spacial score (nSPS) is 11.6. The summed E-state index contributed by atoms with van der Waals surface area (Å²) in [6, 6.07) is 0. The fraction of sp³-hybridized carbons (Fsp3) is 1.00. The number of unbranched alkanes of at least 4 members (excludes halogenated alkanes) is 15. The van der Waals surface area contributed by atoms with Gasteiger partial charge in [-0.1, -0.05) is 143 Å². The summed E-state index contributed by atoms with van der Waals surface area (Å²) in [6.45, 7) is 11.2. The molecule has 0 amide bonds. The maximum absolute atomic E-state index is 6.69. The summed E-state index contributed by atoms with van der Waals surface area (Å²) in [5, 5.41) is 0. The maximum atomic E-state index is 6.69. The number of hydrogen-bond acceptors (Lipinski definition) is 3. The van der Waals surface area contributed by atoms with Crippen molar-refractivity contribution in [3.63, 3.8) is 0 Å². The summed E-state index contributed by atoms with van der Waals surface area (Å²) >= 11 is 0. The topological polar surface area (TPSA) is 30.5 Å². The molecular formula is C29H62ClNO2. The number of ether oxygens (including phenoxy) is 1. The van der Waals surface area contributed by atoms with E-state index in [0.29, 0.717) is 13.2 Å². The summed E-state index contributed by atoms with van der Waals surface area (Å²) in [5.74, 6) is 0. The molecule has 0 rings (SSSR count). The van der Waals surface area contributed by atoms with Crippen molar-refractivity contribution in [1.29, 1.82) is 0 Å². The molecule has 0 radical (unpaired) electrons. The van der Waals surface area contributed by atoms with Gasteiger partial charge in [0.25, 0.3) is 0 Å². The van der Waals surface area contributed by atoms with Crippen molar-refractivity contribution in [1.82, 2.24) is 5.48 Å². The molecule has 0 aromatic rings. The Balaban J connectivity index is 0. The van der Waals surface area contributed by atoms with E-state index in [0.717, 1.165) is 6.54 Å². The SMILES string of the molecule is CCCCCCCCC(CCCCCCCC)(CCCCCCCC)OCCONCC.Cl. The Hall–Kier alpha value is 0.170. The zero-order chi connectivity index (χ0) is 23.6. The van der Waals surface area contributed by atoms with Gasteiger partial charge in [-0.05, 0) is 19.3 Å². The minimum atomic E-state index is 0. The van der Waals surface area contributed by atoms with Crippen LogP contribution < -0.4 is 5.48 Å². The third-order valence-electron chi connectivity index (χ3n) is 6.80. The van der Waals surface area contributed by atoms with Crippen LogP contribution in [-0.4, -0.2) is 25.4 Å². The highest BCUT2D eigenvalue weighted by Crippen LogP contribution is 2.33. The summed E-state index contributed by atoms with van der Waals surface area (Å²) in [7, 11) is 0. The van der Waals surface area contributed by atoms with Gasteiger partial charge in [0, 0.05) is 6.54 Å². The van der Waals surface area contributed by atoms with Crippen molar-refractivity contribution in [3.8, 4) is 0 Å². The second-order valence-corrected chi connectivity index (χ2v) is 9.93. The number of rotatable bonds is 27. The third-order valence-corrected chi connectivity index (χ3v) is 6.80. The molecule has 202 valence electrons. The monoisotopic (exact) mass is 491 g/mol. The molecule has 3 nitrogen and oxygen atoms in total. The minimum absolute atomic E-state index is 0. The van der Waals surface area contributed by atoms with E-state index in [1.807, 2.05) is 0 Å². The number of hydroxylamine groups is 1. The molecule has 0 heterocycles. The van der Waals surface area contributed by atoms with Gasteiger partial charge in [-0.25, -0.2) is 5.48 Å². The highest BCUT2D eigenvalue weighted by Gasteiger charge is 2.29. The molecule has 0 spiro atoms. The van der Waals surface area contributed by atoms with Gasteiger partial charge in [0.1, 0.15) is 0 Å². The Kier molecular flexibility index (Phi) is 30.4. The molecule has 0 atom stereocenters. The third kappa shape index (κ3) is 23.7. The first kappa shape index (κ1) is 35.3. The first-order valence-electron chi connectivity index (χ1n) is 14.7. The molecule has 0 aromatic heterocycles. The van der Waals surface area contributed by atoms with Crippen molar-refractivity contribution in [2.75, 3.05) is 19.8 Å². The van der Waals surface area contributed by atoms with Crippen LogP contribution in [0.4, 0.5) is 0 Å². The quantitative estimate of drug-likeness (QED) is 0.0915. The van der Waals surface area contributed by atoms with E-state index in [-0.39, 0.29) is 18.0 Å². The van der Waals surface area contributed by atoms with E-state index in [4.69, 9.17) is 9.57 Å². The lowest BCUT2D eigenvalue weighted by atomic mass is 9.84. The fourth-order valence-electron chi connectivity index (χ4n) is 4.75. The van der Waals surface area contributed by atoms with E-state index in [2.05, 4.69) is 33.2 Å². The smallest absolute Gasteiger partial charge is 0.0916 e. The van der Waals surface area contributed by atoms with Crippen molar-refractivity contribution in [3.05, 3.63) is 0 Å². The van der Waals surface area contributed by atoms with Crippen molar-refractivity contribution in [2.45, 2.75) is 168 Å². The molecule has 0 saturated carbocycles. The molecule has 0 aliphatic heterocycles. The molecule has 0 fully saturated rings. The predicted molar refractivity (Wildman–Crippen MR) is 150 cm³/mol. The minimum Gasteiger partial charge on any atom is -0.373 e. The highest BCUT2D eigenvalue weighted by molar-refractivity contribution is 5.85. The predicted octanol–water partition coefficient (Wildman–Crippen LogP) is 9.96. The first-order chi connectivity index (χ1) is 15.7. The van der Waals surface area contributed by atoms with Crippen LogP contribution in [0.2, 0.25) is 0 Å². The largest absolute Gasteiger partial charge is 0.373 e. The molecule has 0 bridgehead atoms. The van der Waals surface area contributed by atoms with Crippen LogP contribution in [0.5, 0.6) is 0 Å². The van der Waals surface area contributed by atoms with E-state index in [9.17, 15) is 0 Å². The van der Waals surface area contributed by atoms with Gasteiger partial charge in [-0.3, -0.25) is 4.84 Å². The van der Waals surface area contributed by atoms with Gasteiger partial charge >= 0.3 is 0 Å².